The summed E-state index contributed by atoms with van der Waals surface area (Å²) in [6, 6.07) is 8.10. The normalized spacial score (nSPS) is 20.9. The van der Waals surface area contributed by atoms with Crippen LogP contribution < -0.4 is 5.32 Å². The van der Waals surface area contributed by atoms with Crippen molar-refractivity contribution in [2.75, 3.05) is 26.3 Å². The van der Waals surface area contributed by atoms with Gasteiger partial charge in [-0.3, -0.25) is 0 Å². The van der Waals surface area contributed by atoms with Gasteiger partial charge in [0.25, 0.3) is 0 Å². The summed E-state index contributed by atoms with van der Waals surface area (Å²) in [5.41, 5.74) is 1.17. The Hall–Kier alpha value is -0.420. The van der Waals surface area contributed by atoms with Crippen LogP contribution in [0.5, 0.6) is 0 Å². The van der Waals surface area contributed by atoms with Gasteiger partial charge in [0.15, 0.2) is 0 Å². The Morgan fingerprint density at radius 3 is 3.06 bits per heavy atom. The molecule has 1 unspecified atom stereocenters. The van der Waals surface area contributed by atoms with Gasteiger partial charge in [-0.2, -0.15) is 0 Å². The van der Waals surface area contributed by atoms with Crippen molar-refractivity contribution in [3.8, 4) is 0 Å². The van der Waals surface area contributed by atoms with Crippen molar-refractivity contribution in [1.82, 2.24) is 5.32 Å². The molecule has 1 aromatic carbocycles. The topological polar surface area (TPSA) is 30.5 Å². The van der Waals surface area contributed by atoms with Crippen LogP contribution in [0, 0.1) is 0 Å². The lowest BCUT2D eigenvalue weighted by atomic mass is 10.2. The summed E-state index contributed by atoms with van der Waals surface area (Å²) in [4.78, 5) is 0. The zero-order chi connectivity index (χ0) is 11.2. The van der Waals surface area contributed by atoms with E-state index in [1.807, 2.05) is 18.2 Å². The van der Waals surface area contributed by atoms with Gasteiger partial charge in [0.1, 0.15) is 0 Å². The van der Waals surface area contributed by atoms with Crippen LogP contribution in [0.4, 0.5) is 0 Å². The summed E-state index contributed by atoms with van der Waals surface area (Å²) in [5, 5.41) is 3.28. The predicted octanol–water partition coefficient (Wildman–Crippen LogP) is 1.95. The fraction of sp³-hybridized carbons (Fsp3) is 0.500. The molecule has 1 N–H and O–H groups in total. The molecule has 0 spiro atoms. The molecule has 1 fully saturated rings. The molecule has 1 aliphatic rings. The quantitative estimate of drug-likeness (QED) is 0.917. The first kappa shape index (κ1) is 12.0. The molecule has 0 aromatic heterocycles. The average molecular weight is 286 g/mol. The molecule has 3 nitrogen and oxygen atoms in total. The molecule has 1 atom stereocenters. The van der Waals surface area contributed by atoms with E-state index in [4.69, 9.17) is 9.47 Å². The van der Waals surface area contributed by atoms with E-state index >= 15 is 0 Å². The third-order valence-electron chi connectivity index (χ3n) is 2.52. The second-order valence-corrected chi connectivity index (χ2v) is 4.66. The lowest BCUT2D eigenvalue weighted by Crippen LogP contribution is -2.40. The molecular formula is C12H16BrNO2. The molecule has 0 aliphatic carbocycles. The van der Waals surface area contributed by atoms with Crippen LogP contribution >= 0.6 is 15.9 Å². The van der Waals surface area contributed by atoms with Crippen molar-refractivity contribution in [3.63, 3.8) is 0 Å². The Kier molecular flexibility index (Phi) is 4.78. The van der Waals surface area contributed by atoms with Gasteiger partial charge in [-0.1, -0.05) is 34.1 Å². The Morgan fingerprint density at radius 2 is 2.31 bits per heavy atom. The van der Waals surface area contributed by atoms with Gasteiger partial charge >= 0.3 is 0 Å². The molecule has 0 radical (unpaired) electrons. The van der Waals surface area contributed by atoms with E-state index in [0.29, 0.717) is 13.2 Å². The van der Waals surface area contributed by atoms with E-state index in [-0.39, 0.29) is 6.10 Å². The standard InChI is InChI=1S/C12H16BrNO2/c13-12-4-2-1-3-10(12)8-15-9-11-7-14-5-6-16-11/h1-4,11,14H,5-9H2. The first-order valence-corrected chi connectivity index (χ1v) is 6.29. The number of halogens is 1. The van der Waals surface area contributed by atoms with Crippen LogP contribution in [0.3, 0.4) is 0 Å². The van der Waals surface area contributed by atoms with Crippen molar-refractivity contribution in [3.05, 3.63) is 34.3 Å². The van der Waals surface area contributed by atoms with Crippen molar-refractivity contribution in [1.29, 1.82) is 0 Å². The molecule has 16 heavy (non-hydrogen) atoms. The molecule has 1 aliphatic heterocycles. The number of nitrogens with one attached hydrogen (secondary N) is 1. The molecule has 88 valence electrons. The first-order chi connectivity index (χ1) is 7.86. The molecule has 0 bridgehead atoms. The molecule has 4 heteroatoms. The maximum Gasteiger partial charge on any atom is 0.0933 e. The minimum Gasteiger partial charge on any atom is -0.374 e. The highest BCUT2D eigenvalue weighted by Gasteiger charge is 2.13. The zero-order valence-electron chi connectivity index (χ0n) is 9.12. The second kappa shape index (κ2) is 6.35. The van der Waals surface area contributed by atoms with Gasteiger partial charge in [0.2, 0.25) is 0 Å². The fourth-order valence-electron chi connectivity index (χ4n) is 1.64. The maximum atomic E-state index is 5.64. The lowest BCUT2D eigenvalue weighted by molar-refractivity contribution is -0.0358. The highest BCUT2D eigenvalue weighted by Crippen LogP contribution is 2.16. The first-order valence-electron chi connectivity index (χ1n) is 5.50. The molecule has 1 aromatic rings. The maximum absolute atomic E-state index is 5.64. The van der Waals surface area contributed by atoms with E-state index < -0.39 is 0 Å². The molecule has 0 amide bonds. The summed E-state index contributed by atoms with van der Waals surface area (Å²) < 4.78 is 12.3. The van der Waals surface area contributed by atoms with Gasteiger partial charge < -0.3 is 14.8 Å². The van der Waals surface area contributed by atoms with Crippen LogP contribution in [0.1, 0.15) is 5.56 Å². The third-order valence-corrected chi connectivity index (χ3v) is 3.30. The van der Waals surface area contributed by atoms with Gasteiger partial charge in [0.05, 0.1) is 25.9 Å². The monoisotopic (exact) mass is 285 g/mol. The van der Waals surface area contributed by atoms with Crippen molar-refractivity contribution in [2.24, 2.45) is 0 Å². The number of ether oxygens (including phenoxy) is 2. The number of hydrogen-bond donors (Lipinski definition) is 1. The van der Waals surface area contributed by atoms with Crippen molar-refractivity contribution in [2.45, 2.75) is 12.7 Å². The van der Waals surface area contributed by atoms with E-state index in [0.717, 1.165) is 24.2 Å². The van der Waals surface area contributed by atoms with Crippen LogP contribution in [-0.4, -0.2) is 32.4 Å². The molecular weight excluding hydrogens is 270 g/mol. The fourth-order valence-corrected chi connectivity index (χ4v) is 2.04. The van der Waals surface area contributed by atoms with Gasteiger partial charge in [-0.15, -0.1) is 0 Å². The van der Waals surface area contributed by atoms with Gasteiger partial charge in [-0.05, 0) is 11.6 Å². The smallest absolute Gasteiger partial charge is 0.0933 e. The van der Waals surface area contributed by atoms with Crippen LogP contribution in [0.2, 0.25) is 0 Å². The SMILES string of the molecule is Brc1ccccc1COCC1CNCCO1. The highest BCUT2D eigenvalue weighted by molar-refractivity contribution is 9.10. The Balaban J connectivity index is 1.73. The largest absolute Gasteiger partial charge is 0.374 e. The van der Waals surface area contributed by atoms with E-state index in [9.17, 15) is 0 Å². The van der Waals surface area contributed by atoms with Gasteiger partial charge in [0, 0.05) is 17.6 Å². The third kappa shape index (κ3) is 3.56. The van der Waals surface area contributed by atoms with Gasteiger partial charge in [-0.25, -0.2) is 0 Å². The molecule has 1 saturated heterocycles. The molecule has 0 saturated carbocycles. The molecule has 2 rings (SSSR count). The van der Waals surface area contributed by atoms with Crippen LogP contribution in [0.25, 0.3) is 0 Å². The summed E-state index contributed by atoms with van der Waals surface area (Å²) >= 11 is 3.50. The van der Waals surface area contributed by atoms with E-state index in [1.165, 1.54) is 5.56 Å². The average Bonchev–Trinajstić information content (AvgIpc) is 2.33. The summed E-state index contributed by atoms with van der Waals surface area (Å²) in [5.74, 6) is 0. The van der Waals surface area contributed by atoms with Crippen LogP contribution in [-0.2, 0) is 16.1 Å². The Morgan fingerprint density at radius 1 is 1.44 bits per heavy atom. The number of hydrogen-bond acceptors (Lipinski definition) is 3. The Labute approximate surface area is 104 Å². The van der Waals surface area contributed by atoms with Crippen LogP contribution in [0.15, 0.2) is 28.7 Å². The van der Waals surface area contributed by atoms with Crippen molar-refractivity contribution < 1.29 is 9.47 Å². The molecule has 1 heterocycles. The van der Waals surface area contributed by atoms with E-state index in [2.05, 4.69) is 27.3 Å². The summed E-state index contributed by atoms with van der Waals surface area (Å²) in [7, 11) is 0. The van der Waals surface area contributed by atoms with E-state index in [1.54, 1.807) is 0 Å². The summed E-state index contributed by atoms with van der Waals surface area (Å²) in [6.45, 7) is 3.88. The minimum atomic E-state index is 0.191. The predicted molar refractivity (Wildman–Crippen MR) is 66.4 cm³/mol. The number of morpholine rings is 1. The highest BCUT2D eigenvalue weighted by atomic mass is 79.9. The number of benzene rings is 1. The number of rotatable bonds is 4. The Bertz CT molecular complexity index is 327. The second-order valence-electron chi connectivity index (χ2n) is 3.80. The zero-order valence-corrected chi connectivity index (χ0v) is 10.7. The summed E-state index contributed by atoms with van der Waals surface area (Å²) in [6.07, 6.45) is 0.191. The van der Waals surface area contributed by atoms with Crippen molar-refractivity contribution >= 4 is 15.9 Å². The minimum absolute atomic E-state index is 0.191. The lowest BCUT2D eigenvalue weighted by Gasteiger charge is -2.23.